The number of aromatic hydroxyl groups is 1. The molecule has 4 N–H and O–H groups in total. The monoisotopic (exact) mass is 656 g/mol. The lowest BCUT2D eigenvalue weighted by Crippen LogP contribution is -2.51. The van der Waals surface area contributed by atoms with Gasteiger partial charge in [0.05, 0.1) is 41.7 Å². The van der Waals surface area contributed by atoms with Gasteiger partial charge in [0.15, 0.2) is 12.2 Å². The van der Waals surface area contributed by atoms with Crippen molar-refractivity contribution in [3.63, 3.8) is 0 Å². The van der Waals surface area contributed by atoms with Crippen LogP contribution in [-0.4, -0.2) is 97.6 Å². The molecule has 3 heterocycles. The molecule has 2 aliphatic rings. The number of carbonyl (C=O) groups excluding carboxylic acids is 1. The fourth-order valence-corrected chi connectivity index (χ4v) is 7.59. The second-order valence-corrected chi connectivity index (χ2v) is 14.3. The third kappa shape index (κ3) is 7.89. The van der Waals surface area contributed by atoms with Crippen molar-refractivity contribution >= 4 is 33.2 Å². The number of aromatic nitrogens is 1. The van der Waals surface area contributed by atoms with Crippen molar-refractivity contribution in [1.82, 2.24) is 14.6 Å². The number of sulfonamides is 1. The average molecular weight is 657 g/mol. The molecule has 12 nitrogen and oxygen atoms in total. The Balaban J connectivity index is 1.38. The van der Waals surface area contributed by atoms with Crippen LogP contribution in [0.2, 0.25) is 0 Å². The number of carbonyl (C=O) groups is 1. The molecule has 5 atom stereocenters. The summed E-state index contributed by atoms with van der Waals surface area (Å²) in [5, 5.41) is 25.4. The Kier molecular flexibility index (Phi) is 11.0. The number of alkyl carbamates (subject to hydrolysis) is 1. The molecular formula is C33H44N4O8S. The van der Waals surface area contributed by atoms with Crippen LogP contribution in [0.1, 0.15) is 44.7 Å². The highest BCUT2D eigenvalue weighted by atomic mass is 32.2. The second-order valence-electron chi connectivity index (χ2n) is 12.3. The third-order valence-corrected chi connectivity index (χ3v) is 10.1. The van der Waals surface area contributed by atoms with Crippen LogP contribution in [0.5, 0.6) is 5.88 Å². The van der Waals surface area contributed by atoms with Crippen molar-refractivity contribution in [2.45, 2.75) is 69.5 Å². The van der Waals surface area contributed by atoms with Gasteiger partial charge in [-0.25, -0.2) is 13.2 Å². The standard InChI is InChI=1S/C33H44N4O8S/c1-4-13-34-17-26-25-16-23(10-11-27(25)35-31(26)39)46(41,42)37(18-21(2)3)19-29(38)28(15-22-8-6-5-7-9-22)36-33(40)45-30-20-44-32-24(30)12-14-43-32/h5-11,16-17,21,24,28-30,32,35,38-39H,4,12-15,18-20H2,1-3H3,(H,36,40)/t24?,28-,29+,30-,32?/m0/s1. The normalized spacial score (nSPS) is 21.3. The second kappa shape index (κ2) is 14.9. The number of H-pyrrole nitrogens is 1. The van der Waals surface area contributed by atoms with Gasteiger partial charge in [0.2, 0.25) is 10.0 Å². The molecule has 0 spiro atoms. The predicted molar refractivity (Wildman–Crippen MR) is 173 cm³/mol. The molecule has 1 amide bonds. The molecule has 250 valence electrons. The molecule has 2 unspecified atom stereocenters. The van der Waals surface area contributed by atoms with Crippen LogP contribution in [0.4, 0.5) is 4.79 Å². The van der Waals surface area contributed by atoms with Gasteiger partial charge in [0, 0.05) is 36.8 Å². The quantitative estimate of drug-likeness (QED) is 0.191. The number of rotatable bonds is 14. The van der Waals surface area contributed by atoms with Gasteiger partial charge in [-0.05, 0) is 48.9 Å². The van der Waals surface area contributed by atoms with Crippen LogP contribution >= 0.6 is 0 Å². The number of hydrogen-bond acceptors (Lipinski definition) is 9. The van der Waals surface area contributed by atoms with Crippen molar-refractivity contribution < 1.29 is 37.6 Å². The summed E-state index contributed by atoms with van der Waals surface area (Å²) in [5.74, 6) is -0.207. The van der Waals surface area contributed by atoms with Gasteiger partial charge in [-0.15, -0.1) is 0 Å². The summed E-state index contributed by atoms with van der Waals surface area (Å²) in [6.07, 6.45) is 0.496. The maximum Gasteiger partial charge on any atom is 0.407 e. The number of benzene rings is 2. The van der Waals surface area contributed by atoms with E-state index in [1.165, 1.54) is 16.4 Å². The van der Waals surface area contributed by atoms with E-state index in [4.69, 9.17) is 14.2 Å². The van der Waals surface area contributed by atoms with Gasteiger partial charge in [0.25, 0.3) is 0 Å². The fourth-order valence-electron chi connectivity index (χ4n) is 5.94. The predicted octanol–water partition coefficient (Wildman–Crippen LogP) is 3.81. The number of fused-ring (bicyclic) bond motifs is 2. The van der Waals surface area contributed by atoms with E-state index < -0.39 is 34.4 Å². The van der Waals surface area contributed by atoms with Crippen LogP contribution in [0.25, 0.3) is 10.9 Å². The van der Waals surface area contributed by atoms with Crippen molar-refractivity contribution in [2.24, 2.45) is 16.8 Å². The van der Waals surface area contributed by atoms with E-state index in [0.717, 1.165) is 18.4 Å². The molecule has 0 radical (unpaired) electrons. The van der Waals surface area contributed by atoms with Crippen LogP contribution in [0, 0.1) is 11.8 Å². The lowest BCUT2D eigenvalue weighted by atomic mass is 10.0. The maximum absolute atomic E-state index is 14.1. The molecule has 2 saturated heterocycles. The number of aliphatic hydroxyl groups is 1. The first-order valence-corrected chi connectivity index (χ1v) is 17.3. The minimum atomic E-state index is -4.12. The summed E-state index contributed by atoms with van der Waals surface area (Å²) in [6, 6.07) is 13.1. The molecule has 0 aliphatic carbocycles. The molecule has 5 rings (SSSR count). The zero-order valence-electron chi connectivity index (χ0n) is 26.5. The first-order chi connectivity index (χ1) is 22.1. The number of amides is 1. The van der Waals surface area contributed by atoms with Gasteiger partial charge >= 0.3 is 6.09 Å². The molecular weight excluding hydrogens is 612 g/mol. The van der Waals surface area contributed by atoms with Crippen molar-refractivity contribution in [3.05, 3.63) is 59.7 Å². The van der Waals surface area contributed by atoms with Gasteiger partial charge < -0.3 is 34.7 Å². The third-order valence-electron chi connectivity index (χ3n) is 8.27. The average Bonchev–Trinajstić information content (AvgIpc) is 3.72. The molecule has 2 aromatic carbocycles. The van der Waals surface area contributed by atoms with E-state index in [9.17, 15) is 23.4 Å². The molecule has 1 aromatic heterocycles. The Morgan fingerprint density at radius 3 is 2.72 bits per heavy atom. The van der Waals surface area contributed by atoms with Gasteiger partial charge in [-0.2, -0.15) is 4.31 Å². The highest BCUT2D eigenvalue weighted by Crippen LogP contribution is 2.33. The number of aromatic amines is 1. The zero-order valence-corrected chi connectivity index (χ0v) is 27.3. The molecule has 3 aromatic rings. The van der Waals surface area contributed by atoms with Gasteiger partial charge in [-0.3, -0.25) is 4.99 Å². The summed E-state index contributed by atoms with van der Waals surface area (Å²) < 4.78 is 46.3. The van der Waals surface area contributed by atoms with Gasteiger partial charge in [-0.1, -0.05) is 51.1 Å². The van der Waals surface area contributed by atoms with E-state index in [2.05, 4.69) is 15.3 Å². The van der Waals surface area contributed by atoms with E-state index >= 15 is 0 Å². The SMILES string of the molecule is CCCN=Cc1c(O)[nH]c2ccc(S(=O)(=O)N(CC(C)C)C[C@@H](O)[C@H](Cc3ccccc3)NC(=O)O[C@H]3COC4OCCC43)cc12. The molecule has 0 bridgehead atoms. The summed E-state index contributed by atoms with van der Waals surface area (Å²) in [6.45, 7) is 6.97. The van der Waals surface area contributed by atoms with E-state index in [0.29, 0.717) is 29.6 Å². The molecule has 13 heteroatoms. The fraction of sp³-hybridized carbons (Fsp3) is 0.515. The minimum absolute atomic E-state index is 0.0125. The minimum Gasteiger partial charge on any atom is -0.494 e. The number of ether oxygens (including phenoxy) is 3. The van der Waals surface area contributed by atoms with Crippen LogP contribution < -0.4 is 5.32 Å². The van der Waals surface area contributed by atoms with Crippen molar-refractivity contribution in [1.29, 1.82) is 0 Å². The Hall–Kier alpha value is -3.49. The van der Waals surface area contributed by atoms with Crippen LogP contribution in [-0.2, 0) is 30.7 Å². The topological polar surface area (TPSA) is 163 Å². The van der Waals surface area contributed by atoms with E-state index in [1.807, 2.05) is 51.1 Å². The summed E-state index contributed by atoms with van der Waals surface area (Å²) >= 11 is 0. The number of nitrogens with one attached hydrogen (secondary N) is 2. The number of aliphatic hydroxyl groups excluding tert-OH is 1. The summed E-state index contributed by atoms with van der Waals surface area (Å²) in [4.78, 5) is 20.3. The number of nitrogens with zero attached hydrogens (tertiary/aromatic N) is 2. The van der Waals surface area contributed by atoms with E-state index in [1.54, 1.807) is 12.3 Å². The van der Waals surface area contributed by atoms with Crippen molar-refractivity contribution in [2.75, 3.05) is 32.8 Å². The summed E-state index contributed by atoms with van der Waals surface area (Å²) in [7, 11) is -4.12. The molecule has 2 aliphatic heterocycles. The first kappa shape index (κ1) is 33.9. The zero-order chi connectivity index (χ0) is 32.8. The highest BCUT2D eigenvalue weighted by molar-refractivity contribution is 7.89. The number of hydrogen-bond donors (Lipinski definition) is 4. The van der Waals surface area contributed by atoms with E-state index in [-0.39, 0.29) is 55.0 Å². The lowest BCUT2D eigenvalue weighted by Gasteiger charge is -2.31. The smallest absolute Gasteiger partial charge is 0.407 e. The van der Waals surface area contributed by atoms with Gasteiger partial charge in [0.1, 0.15) is 6.10 Å². The first-order valence-electron chi connectivity index (χ1n) is 15.8. The molecule has 46 heavy (non-hydrogen) atoms. The molecule has 2 fully saturated rings. The number of aliphatic imine (C=N–C) groups is 1. The highest BCUT2D eigenvalue weighted by Gasteiger charge is 2.44. The Morgan fingerprint density at radius 2 is 1.98 bits per heavy atom. The Morgan fingerprint density at radius 1 is 1.20 bits per heavy atom. The van der Waals surface area contributed by atoms with Crippen LogP contribution in [0.15, 0.2) is 58.4 Å². The lowest BCUT2D eigenvalue weighted by molar-refractivity contribution is -0.0907. The maximum atomic E-state index is 14.1. The summed E-state index contributed by atoms with van der Waals surface area (Å²) in [5.41, 5.74) is 1.83. The molecule has 0 saturated carbocycles. The van der Waals surface area contributed by atoms with Crippen LogP contribution in [0.3, 0.4) is 0 Å². The Bertz CT molecular complexity index is 1610. The Labute approximate surface area is 269 Å². The largest absolute Gasteiger partial charge is 0.494 e. The van der Waals surface area contributed by atoms with Crippen molar-refractivity contribution in [3.8, 4) is 5.88 Å².